The zero-order valence-corrected chi connectivity index (χ0v) is 19.9. The topological polar surface area (TPSA) is 90.9 Å². The van der Waals surface area contributed by atoms with Crippen LogP contribution in [0.15, 0.2) is 48.7 Å². The molecule has 3 aromatic heterocycles. The molecule has 36 heavy (non-hydrogen) atoms. The summed E-state index contributed by atoms with van der Waals surface area (Å²) in [6.07, 6.45) is 3.84. The highest BCUT2D eigenvalue weighted by Gasteiger charge is 2.31. The van der Waals surface area contributed by atoms with Crippen molar-refractivity contribution in [3.05, 3.63) is 77.0 Å². The van der Waals surface area contributed by atoms with E-state index < -0.39 is 5.82 Å². The van der Waals surface area contributed by atoms with Crippen molar-refractivity contribution in [1.82, 2.24) is 24.6 Å². The number of nitrogens with zero attached hydrogens (tertiary/aromatic N) is 7. The Kier molecular flexibility index (Phi) is 5.37. The van der Waals surface area contributed by atoms with Crippen molar-refractivity contribution < 1.29 is 9.18 Å². The van der Waals surface area contributed by atoms with E-state index in [9.17, 15) is 14.4 Å². The highest BCUT2D eigenvalue weighted by Crippen LogP contribution is 2.41. The van der Waals surface area contributed by atoms with Gasteiger partial charge in [0, 0.05) is 44.0 Å². The number of hydrogen-bond acceptors (Lipinski definition) is 6. The molecule has 1 aliphatic heterocycles. The van der Waals surface area contributed by atoms with Gasteiger partial charge >= 0.3 is 0 Å². The molecule has 1 aliphatic carbocycles. The van der Waals surface area contributed by atoms with Gasteiger partial charge < -0.3 is 9.80 Å². The summed E-state index contributed by atoms with van der Waals surface area (Å²) in [6.45, 7) is 3.86. The summed E-state index contributed by atoms with van der Waals surface area (Å²) in [4.78, 5) is 27.0. The molecule has 1 saturated heterocycles. The maximum absolute atomic E-state index is 14.1. The molecule has 2 fully saturated rings. The largest absolute Gasteiger partial charge is 0.367 e. The summed E-state index contributed by atoms with van der Waals surface area (Å²) in [5.74, 6) is 0.432. The number of hydrogen-bond donors (Lipinski definition) is 0. The minimum absolute atomic E-state index is 0.0414. The van der Waals surface area contributed by atoms with Gasteiger partial charge in [0.15, 0.2) is 11.5 Å². The monoisotopic (exact) mass is 481 g/mol. The number of carbonyl (C=O) groups is 1. The van der Waals surface area contributed by atoms with Crippen LogP contribution in [-0.4, -0.2) is 56.7 Å². The molecule has 1 amide bonds. The smallest absolute Gasteiger partial charge is 0.254 e. The van der Waals surface area contributed by atoms with Crippen molar-refractivity contribution in [2.24, 2.45) is 0 Å². The number of pyridine rings is 2. The third-order valence-corrected chi connectivity index (χ3v) is 6.94. The van der Waals surface area contributed by atoms with Crippen molar-refractivity contribution in [2.45, 2.75) is 25.7 Å². The molecule has 4 heterocycles. The average Bonchev–Trinajstić information content (AvgIpc) is 3.71. The summed E-state index contributed by atoms with van der Waals surface area (Å²) >= 11 is 0. The first-order chi connectivity index (χ1) is 17.5. The van der Waals surface area contributed by atoms with Crippen LogP contribution in [0, 0.1) is 24.1 Å². The number of anilines is 1. The second-order valence-corrected chi connectivity index (χ2v) is 9.28. The fourth-order valence-corrected chi connectivity index (χ4v) is 4.91. The molecule has 2 aliphatic rings. The number of aryl methyl sites for hydroxylation is 1. The van der Waals surface area contributed by atoms with Gasteiger partial charge in [-0.15, -0.1) is 0 Å². The molecule has 1 aromatic carbocycles. The van der Waals surface area contributed by atoms with E-state index in [0.29, 0.717) is 54.8 Å². The average molecular weight is 482 g/mol. The number of aromatic nitrogens is 4. The van der Waals surface area contributed by atoms with E-state index >= 15 is 0 Å². The van der Waals surface area contributed by atoms with E-state index in [-0.39, 0.29) is 11.5 Å². The molecule has 0 N–H and O–H groups in total. The summed E-state index contributed by atoms with van der Waals surface area (Å²) in [5, 5.41) is 14.8. The Hall–Kier alpha value is -4.32. The molecule has 0 radical (unpaired) electrons. The molecule has 4 aromatic rings. The van der Waals surface area contributed by atoms with E-state index in [2.05, 4.69) is 4.98 Å². The maximum atomic E-state index is 14.1. The summed E-state index contributed by atoms with van der Waals surface area (Å²) in [6, 6.07) is 14.2. The van der Waals surface area contributed by atoms with E-state index in [0.717, 1.165) is 29.6 Å². The van der Waals surface area contributed by atoms with Crippen molar-refractivity contribution in [2.75, 3.05) is 31.1 Å². The fraction of sp³-hybridized carbons (Fsp3) is 0.296. The van der Waals surface area contributed by atoms with Crippen molar-refractivity contribution in [3.63, 3.8) is 0 Å². The minimum Gasteiger partial charge on any atom is -0.367 e. The third kappa shape index (κ3) is 3.75. The normalized spacial score (nSPS) is 15.8. The first kappa shape index (κ1) is 22.2. The molecule has 8 nitrogen and oxygen atoms in total. The zero-order valence-electron chi connectivity index (χ0n) is 19.9. The van der Waals surface area contributed by atoms with Gasteiger partial charge in [-0.1, -0.05) is 12.1 Å². The summed E-state index contributed by atoms with van der Waals surface area (Å²) < 4.78 is 15.8. The van der Waals surface area contributed by atoms with Crippen LogP contribution in [0.25, 0.3) is 16.9 Å². The number of amides is 1. The minimum atomic E-state index is -0.527. The lowest BCUT2D eigenvalue weighted by Gasteiger charge is -2.36. The standard InChI is InChI=1S/C27H24FN7O/c1-17-25-19(15-22(18-8-9-18)31-26(25)35(32-17)24-7-2-3-10-30-24)27(36)34-13-11-33(12-14-34)23-6-4-5-21(28)20(23)16-29/h2-7,10,15,18H,8-9,11-14H2,1H3. The van der Waals surface area contributed by atoms with Crippen LogP contribution in [0.4, 0.5) is 10.1 Å². The molecule has 0 spiro atoms. The van der Waals surface area contributed by atoms with Crippen LogP contribution in [0.1, 0.15) is 46.1 Å². The Morgan fingerprint density at radius 3 is 2.61 bits per heavy atom. The summed E-state index contributed by atoms with van der Waals surface area (Å²) in [5.41, 5.74) is 3.51. The number of carbonyl (C=O) groups excluding carboxylic acids is 1. The van der Waals surface area contributed by atoms with Crippen LogP contribution in [0.2, 0.25) is 0 Å². The van der Waals surface area contributed by atoms with Crippen LogP contribution in [-0.2, 0) is 0 Å². The highest BCUT2D eigenvalue weighted by atomic mass is 19.1. The number of fused-ring (bicyclic) bond motifs is 1. The Labute approximate surface area is 207 Å². The van der Waals surface area contributed by atoms with E-state index in [1.54, 1.807) is 23.0 Å². The Morgan fingerprint density at radius 2 is 1.92 bits per heavy atom. The molecule has 0 unspecified atom stereocenters. The SMILES string of the molecule is Cc1nn(-c2ccccn2)c2nc(C3CC3)cc(C(=O)N3CCN(c4cccc(F)c4C#N)CC3)c12. The molecular weight excluding hydrogens is 457 g/mol. The van der Waals surface area contributed by atoms with Gasteiger partial charge in [-0.3, -0.25) is 4.79 Å². The van der Waals surface area contributed by atoms with Gasteiger partial charge in [-0.2, -0.15) is 15.0 Å². The Morgan fingerprint density at radius 1 is 1.11 bits per heavy atom. The second kappa shape index (κ2) is 8.72. The van der Waals surface area contributed by atoms with Gasteiger partial charge in [-0.05, 0) is 50.1 Å². The molecule has 0 bridgehead atoms. The van der Waals surface area contributed by atoms with Crippen LogP contribution in [0.3, 0.4) is 0 Å². The first-order valence-electron chi connectivity index (χ1n) is 12.1. The summed E-state index contributed by atoms with van der Waals surface area (Å²) in [7, 11) is 0. The van der Waals surface area contributed by atoms with Gasteiger partial charge in [0.05, 0.1) is 22.3 Å². The van der Waals surface area contributed by atoms with E-state index in [4.69, 9.17) is 10.1 Å². The molecule has 180 valence electrons. The Balaban J connectivity index is 1.33. The molecule has 9 heteroatoms. The second-order valence-electron chi connectivity index (χ2n) is 9.28. The lowest BCUT2D eigenvalue weighted by molar-refractivity contribution is 0.0748. The van der Waals surface area contributed by atoms with Crippen molar-refractivity contribution >= 4 is 22.6 Å². The number of nitriles is 1. The van der Waals surface area contributed by atoms with Gasteiger partial charge in [0.2, 0.25) is 0 Å². The fourth-order valence-electron chi connectivity index (χ4n) is 4.91. The lowest BCUT2D eigenvalue weighted by Crippen LogP contribution is -2.49. The predicted molar refractivity (Wildman–Crippen MR) is 133 cm³/mol. The van der Waals surface area contributed by atoms with E-state index in [1.807, 2.05) is 47.1 Å². The number of rotatable bonds is 4. The number of halogens is 1. The number of piperazine rings is 1. The van der Waals surface area contributed by atoms with Crippen LogP contribution >= 0.6 is 0 Å². The zero-order chi connectivity index (χ0) is 24.8. The van der Waals surface area contributed by atoms with Gasteiger partial charge in [0.1, 0.15) is 17.4 Å². The molecule has 0 atom stereocenters. The van der Waals surface area contributed by atoms with E-state index in [1.165, 1.54) is 6.07 Å². The number of benzene rings is 1. The molecular formula is C27H24FN7O. The van der Waals surface area contributed by atoms with Crippen molar-refractivity contribution in [1.29, 1.82) is 5.26 Å². The predicted octanol–water partition coefficient (Wildman–Crippen LogP) is 3.97. The van der Waals surface area contributed by atoms with Crippen LogP contribution < -0.4 is 4.90 Å². The van der Waals surface area contributed by atoms with Gasteiger partial charge in [0.25, 0.3) is 5.91 Å². The Bertz CT molecular complexity index is 1510. The third-order valence-electron chi connectivity index (χ3n) is 6.94. The van der Waals surface area contributed by atoms with Crippen LogP contribution in [0.5, 0.6) is 0 Å². The van der Waals surface area contributed by atoms with Crippen molar-refractivity contribution in [3.8, 4) is 11.9 Å². The molecule has 1 saturated carbocycles. The highest BCUT2D eigenvalue weighted by molar-refractivity contribution is 6.07. The lowest BCUT2D eigenvalue weighted by atomic mass is 10.1. The first-order valence-corrected chi connectivity index (χ1v) is 12.1. The molecule has 6 rings (SSSR count). The van der Waals surface area contributed by atoms with Gasteiger partial charge in [-0.25, -0.2) is 14.4 Å². The maximum Gasteiger partial charge on any atom is 0.254 e. The quantitative estimate of drug-likeness (QED) is 0.438.